The zero-order chi connectivity index (χ0) is 29.0. The number of hydrogen-bond acceptors (Lipinski definition) is 6. The number of nitrogens with zero attached hydrogens (tertiary/aromatic N) is 1. The van der Waals surface area contributed by atoms with Gasteiger partial charge in [-0.1, -0.05) is 26.8 Å². The molecule has 230 valence electrons. The lowest BCUT2D eigenvalue weighted by molar-refractivity contribution is -0.167. The number of aliphatic hydroxyl groups excluding tert-OH is 1. The topological polar surface area (TPSA) is 83.5 Å². The Bertz CT molecular complexity index is 990. The molecule has 10 atom stereocenters. The first-order chi connectivity index (χ1) is 19.8. The zero-order valence-corrected chi connectivity index (χ0v) is 26.2. The fraction of sp³-hybridized carbons (Fsp3) is 0.829. The first-order valence-corrected chi connectivity index (χ1v) is 16.8. The lowest BCUT2D eigenvalue weighted by Gasteiger charge is -2.62. The van der Waals surface area contributed by atoms with Crippen molar-refractivity contribution in [1.82, 2.24) is 15.6 Å². The summed E-state index contributed by atoms with van der Waals surface area (Å²) in [4.78, 5) is 16.2. The molecule has 6 nitrogen and oxygen atoms in total. The molecule has 4 saturated carbocycles. The van der Waals surface area contributed by atoms with Crippen LogP contribution in [0.25, 0.3) is 0 Å². The number of aliphatic hydroxyl groups is 1. The Morgan fingerprint density at radius 2 is 1.85 bits per heavy atom. The summed E-state index contributed by atoms with van der Waals surface area (Å²) in [6.07, 6.45) is 15.4. The van der Waals surface area contributed by atoms with Crippen LogP contribution in [0, 0.1) is 46.3 Å². The second kappa shape index (κ2) is 13.4. The monoisotopic (exact) mass is 567 g/mol. The van der Waals surface area contributed by atoms with E-state index in [0.29, 0.717) is 58.8 Å². The molecule has 0 aliphatic heterocycles. The van der Waals surface area contributed by atoms with E-state index >= 15 is 0 Å². The van der Waals surface area contributed by atoms with Crippen LogP contribution in [0.2, 0.25) is 0 Å². The van der Waals surface area contributed by atoms with Crippen molar-refractivity contribution in [3.05, 3.63) is 30.1 Å². The highest BCUT2D eigenvalue weighted by Gasteiger charge is 2.62. The van der Waals surface area contributed by atoms with Crippen LogP contribution >= 0.6 is 0 Å². The maximum Gasteiger partial charge on any atom is 0.305 e. The lowest BCUT2D eigenvalue weighted by atomic mass is 9.43. The van der Waals surface area contributed by atoms with E-state index in [9.17, 15) is 9.90 Å². The number of ether oxygens (including phenoxy) is 1. The van der Waals surface area contributed by atoms with Crippen LogP contribution in [-0.4, -0.2) is 48.4 Å². The van der Waals surface area contributed by atoms with E-state index in [4.69, 9.17) is 4.74 Å². The van der Waals surface area contributed by atoms with Crippen molar-refractivity contribution in [3.8, 4) is 0 Å². The molecule has 5 rings (SSSR count). The number of esters is 1. The molecule has 4 aliphatic carbocycles. The van der Waals surface area contributed by atoms with Gasteiger partial charge in [0.1, 0.15) is 0 Å². The van der Waals surface area contributed by atoms with E-state index in [1.54, 1.807) is 0 Å². The lowest BCUT2D eigenvalue weighted by Crippen LogP contribution is -2.59. The summed E-state index contributed by atoms with van der Waals surface area (Å²) in [6.45, 7) is 10.5. The first kappa shape index (κ1) is 30.9. The minimum atomic E-state index is -0.157. The van der Waals surface area contributed by atoms with E-state index in [1.165, 1.54) is 64.9 Å². The van der Waals surface area contributed by atoms with Crippen molar-refractivity contribution in [2.24, 2.45) is 46.3 Å². The third-order valence-corrected chi connectivity index (χ3v) is 12.7. The van der Waals surface area contributed by atoms with E-state index in [2.05, 4.69) is 42.5 Å². The molecular formula is C35H57N3O3. The third kappa shape index (κ3) is 6.55. The summed E-state index contributed by atoms with van der Waals surface area (Å²) in [6, 6.07) is 6.67. The van der Waals surface area contributed by atoms with Crippen molar-refractivity contribution >= 4 is 5.97 Å². The van der Waals surface area contributed by atoms with Crippen LogP contribution in [0.4, 0.5) is 0 Å². The number of carbonyl (C=O) groups excluding carboxylic acids is 1. The Kier molecular flexibility index (Phi) is 10.1. The average molecular weight is 568 g/mol. The molecule has 41 heavy (non-hydrogen) atoms. The van der Waals surface area contributed by atoms with Crippen LogP contribution in [0.1, 0.15) is 104 Å². The smallest absolute Gasteiger partial charge is 0.305 e. The number of methoxy groups -OCH3 is 1. The summed E-state index contributed by atoms with van der Waals surface area (Å²) in [7, 11) is 1.49. The van der Waals surface area contributed by atoms with Crippen LogP contribution in [-0.2, 0) is 16.1 Å². The molecule has 4 fully saturated rings. The summed E-state index contributed by atoms with van der Waals surface area (Å²) in [5.74, 6) is 3.47. The van der Waals surface area contributed by atoms with Crippen LogP contribution in [0.3, 0.4) is 0 Å². The molecule has 0 saturated heterocycles. The number of nitrogens with one attached hydrogen (secondary N) is 2. The molecule has 0 radical (unpaired) electrons. The Balaban J connectivity index is 1.10. The molecule has 0 spiro atoms. The molecular weight excluding hydrogens is 510 g/mol. The maximum absolute atomic E-state index is 11.8. The van der Waals surface area contributed by atoms with Gasteiger partial charge in [0.15, 0.2) is 0 Å². The van der Waals surface area contributed by atoms with Gasteiger partial charge < -0.3 is 20.5 Å². The molecule has 1 heterocycles. The SMILES string of the molecule is COC(=O)CCC(C)[C@H]1CCC2C3C(CC[C@@]21C)[C@@]1(C)CC[C@@H](NCCCCNCc2ccccn2)C[C@H]1C[C@H]3O. The number of carbonyl (C=O) groups is 1. The maximum atomic E-state index is 11.8. The molecule has 6 heteroatoms. The number of fused-ring (bicyclic) bond motifs is 5. The van der Waals surface area contributed by atoms with Crippen LogP contribution < -0.4 is 10.6 Å². The number of unbranched alkanes of at least 4 members (excludes halogenated alkanes) is 1. The molecule has 3 N–H and O–H groups in total. The normalized spacial score (nSPS) is 38.9. The van der Waals surface area contributed by atoms with E-state index in [0.717, 1.165) is 38.2 Å². The summed E-state index contributed by atoms with van der Waals surface area (Å²) in [5.41, 5.74) is 1.77. The Morgan fingerprint density at radius 3 is 2.63 bits per heavy atom. The minimum Gasteiger partial charge on any atom is -0.469 e. The fourth-order valence-corrected chi connectivity index (χ4v) is 10.4. The van der Waals surface area contributed by atoms with Crippen molar-refractivity contribution in [1.29, 1.82) is 0 Å². The van der Waals surface area contributed by atoms with Gasteiger partial charge in [0, 0.05) is 25.2 Å². The summed E-state index contributed by atoms with van der Waals surface area (Å²) in [5, 5.41) is 19.1. The fourth-order valence-electron chi connectivity index (χ4n) is 10.4. The van der Waals surface area contributed by atoms with Gasteiger partial charge in [-0.2, -0.15) is 0 Å². The Morgan fingerprint density at radius 1 is 1.07 bits per heavy atom. The van der Waals surface area contributed by atoms with E-state index < -0.39 is 0 Å². The van der Waals surface area contributed by atoms with Gasteiger partial charge in [-0.05, 0) is 142 Å². The minimum absolute atomic E-state index is 0.0827. The first-order valence-electron chi connectivity index (χ1n) is 16.8. The second-order valence-electron chi connectivity index (χ2n) is 14.7. The number of pyridine rings is 1. The largest absolute Gasteiger partial charge is 0.469 e. The quantitative estimate of drug-likeness (QED) is 0.208. The highest BCUT2D eigenvalue weighted by atomic mass is 16.5. The summed E-state index contributed by atoms with van der Waals surface area (Å²) < 4.78 is 4.92. The molecule has 4 aliphatic rings. The van der Waals surface area contributed by atoms with Gasteiger partial charge in [-0.25, -0.2) is 0 Å². The molecule has 4 unspecified atom stereocenters. The molecule has 0 bridgehead atoms. The second-order valence-corrected chi connectivity index (χ2v) is 14.7. The number of aromatic nitrogens is 1. The summed E-state index contributed by atoms with van der Waals surface area (Å²) >= 11 is 0. The van der Waals surface area contributed by atoms with Crippen molar-refractivity contribution in [2.75, 3.05) is 20.2 Å². The van der Waals surface area contributed by atoms with E-state index in [-0.39, 0.29) is 12.1 Å². The van der Waals surface area contributed by atoms with Crippen LogP contribution in [0.5, 0.6) is 0 Å². The molecule has 0 amide bonds. The predicted molar refractivity (Wildman–Crippen MR) is 164 cm³/mol. The highest BCUT2D eigenvalue weighted by Crippen LogP contribution is 2.68. The number of hydrogen-bond donors (Lipinski definition) is 3. The van der Waals surface area contributed by atoms with Crippen molar-refractivity contribution < 1.29 is 14.6 Å². The standard InChI is InChI=1S/C35H57N3O3/c1-24(10-13-32(40)41-4)28-11-12-29-33-30(15-17-35(28,29)3)34(2)16-14-26(21-25(34)22-31(33)39)37-20-8-7-18-36-23-27-9-5-6-19-38-27/h5-6,9,19,24-26,28-31,33,36-37,39H,7-8,10-18,20-23H2,1-4H3/t24?,25-,26+,28+,29?,30?,31+,33?,34-,35+/m0/s1. The molecule has 1 aromatic heterocycles. The van der Waals surface area contributed by atoms with E-state index in [1.807, 2.05) is 18.3 Å². The van der Waals surface area contributed by atoms with Gasteiger partial charge in [0.05, 0.1) is 18.9 Å². The van der Waals surface area contributed by atoms with Gasteiger partial charge in [0.2, 0.25) is 0 Å². The van der Waals surface area contributed by atoms with Gasteiger partial charge in [-0.15, -0.1) is 0 Å². The Hall–Kier alpha value is -1.50. The third-order valence-electron chi connectivity index (χ3n) is 12.7. The highest BCUT2D eigenvalue weighted by molar-refractivity contribution is 5.69. The van der Waals surface area contributed by atoms with Gasteiger partial charge >= 0.3 is 5.97 Å². The predicted octanol–water partition coefficient (Wildman–Crippen LogP) is 6.13. The van der Waals surface area contributed by atoms with Crippen LogP contribution in [0.15, 0.2) is 24.4 Å². The number of rotatable bonds is 12. The molecule has 1 aromatic rings. The molecule has 0 aromatic carbocycles. The van der Waals surface area contributed by atoms with Crippen molar-refractivity contribution in [2.45, 2.75) is 117 Å². The average Bonchev–Trinajstić information content (AvgIpc) is 3.33. The van der Waals surface area contributed by atoms with Gasteiger partial charge in [-0.3, -0.25) is 9.78 Å². The Labute approximate surface area is 249 Å². The zero-order valence-electron chi connectivity index (χ0n) is 26.2. The van der Waals surface area contributed by atoms with Gasteiger partial charge in [0.25, 0.3) is 0 Å². The van der Waals surface area contributed by atoms with Crippen molar-refractivity contribution in [3.63, 3.8) is 0 Å².